The molecule has 0 saturated heterocycles. The van der Waals surface area contributed by atoms with Crippen molar-refractivity contribution in [3.05, 3.63) is 71.3 Å². The number of hydrogen-bond acceptors (Lipinski definition) is 2. The van der Waals surface area contributed by atoms with E-state index in [4.69, 9.17) is 11.3 Å². The molecule has 1 unspecified atom stereocenters. The molecule has 0 fully saturated rings. The van der Waals surface area contributed by atoms with Gasteiger partial charge in [-0.3, -0.25) is 9.64 Å². The summed E-state index contributed by atoms with van der Waals surface area (Å²) in [6.45, 7) is 15.5. The molecule has 2 rings (SSSR count). The van der Waals surface area contributed by atoms with E-state index < -0.39 is 14.1 Å². The predicted molar refractivity (Wildman–Crippen MR) is 98.7 cm³/mol. The second-order valence-corrected chi connectivity index (χ2v) is 12.7. The molecule has 5 heteroatoms. The van der Waals surface area contributed by atoms with Crippen LogP contribution in [0.15, 0.2) is 48.8 Å². The normalized spacial score (nSPS) is 12.6. The van der Waals surface area contributed by atoms with Crippen LogP contribution in [0.2, 0.25) is 25.7 Å². The Hall–Kier alpha value is -2.16. The van der Waals surface area contributed by atoms with Gasteiger partial charge in [-0.1, -0.05) is 50.0 Å². The van der Waals surface area contributed by atoms with Crippen molar-refractivity contribution in [2.45, 2.75) is 38.5 Å². The molecule has 0 bridgehead atoms. The fraction of sp³-hybridized carbons (Fsp3) is 0.368. The molecule has 0 aliphatic heterocycles. The lowest BCUT2D eigenvalue weighted by Crippen LogP contribution is -2.21. The number of nitrogens with zero attached hydrogens (tertiary/aromatic N) is 2. The molecule has 24 heavy (non-hydrogen) atoms. The van der Waals surface area contributed by atoms with Gasteiger partial charge in [-0.2, -0.15) is 0 Å². The minimum absolute atomic E-state index is 0.169. The maximum Gasteiger partial charge on any atom is 0.310 e. The van der Waals surface area contributed by atoms with E-state index in [-0.39, 0.29) is 5.78 Å². The third kappa shape index (κ3) is 5.19. The fourth-order valence-corrected chi connectivity index (χ4v) is 3.05. The Labute approximate surface area is 144 Å². The third-order valence-electron chi connectivity index (χ3n) is 3.76. The van der Waals surface area contributed by atoms with Crippen molar-refractivity contribution in [3.8, 4) is 0 Å². The summed E-state index contributed by atoms with van der Waals surface area (Å²) in [7, 11) is -1.09. The second-order valence-electron chi connectivity index (χ2n) is 7.07. The van der Waals surface area contributed by atoms with Crippen LogP contribution in [0.3, 0.4) is 0 Å². The highest BCUT2D eigenvalue weighted by Crippen LogP contribution is 2.22. The van der Waals surface area contributed by atoms with Crippen LogP contribution in [0.1, 0.15) is 22.0 Å². The molecular weight excluding hydrogens is 316 g/mol. The van der Waals surface area contributed by atoms with Crippen molar-refractivity contribution < 1.29 is 9.53 Å². The molecule has 0 spiro atoms. The zero-order chi connectivity index (χ0) is 17.6. The number of Topliss-reactive ketones (excluding diaryl/α,β-unsaturated/α-hetero) is 1. The number of ketones is 1. The summed E-state index contributed by atoms with van der Waals surface area (Å²) >= 11 is 0. The smallest absolute Gasteiger partial charge is 0.310 e. The first-order chi connectivity index (χ1) is 11.4. The maximum absolute atomic E-state index is 12.6. The van der Waals surface area contributed by atoms with Gasteiger partial charge in [-0.25, -0.2) is 6.57 Å². The monoisotopic (exact) mass is 340 g/mol. The minimum atomic E-state index is -1.09. The average Bonchev–Trinajstić information content (AvgIpc) is 3.01. The van der Waals surface area contributed by atoms with Gasteiger partial charge in [0.05, 0.1) is 0 Å². The SMILES string of the molecule is [C-]#[N+]C(C(=O)c1ccn(COCC[Si](C)(C)C)c1)c1ccccc1. The fourth-order valence-electron chi connectivity index (χ4n) is 2.29. The van der Waals surface area contributed by atoms with Crippen LogP contribution in [0, 0.1) is 6.57 Å². The van der Waals surface area contributed by atoms with E-state index in [2.05, 4.69) is 24.5 Å². The topological polar surface area (TPSA) is 35.6 Å². The van der Waals surface area contributed by atoms with Crippen LogP contribution >= 0.6 is 0 Å². The molecular formula is C19H24N2O2Si. The molecule has 1 aromatic heterocycles. The maximum atomic E-state index is 12.6. The van der Waals surface area contributed by atoms with Crippen LogP contribution in [0.25, 0.3) is 4.85 Å². The van der Waals surface area contributed by atoms with E-state index in [0.717, 1.165) is 18.2 Å². The molecule has 4 nitrogen and oxygen atoms in total. The Morgan fingerprint density at radius 3 is 2.58 bits per heavy atom. The molecule has 0 saturated carbocycles. The van der Waals surface area contributed by atoms with Crippen molar-refractivity contribution >= 4 is 13.9 Å². The lowest BCUT2D eigenvalue weighted by Gasteiger charge is -2.15. The Morgan fingerprint density at radius 2 is 1.96 bits per heavy atom. The molecule has 1 aromatic carbocycles. The summed E-state index contributed by atoms with van der Waals surface area (Å²) in [5.74, 6) is -0.169. The van der Waals surface area contributed by atoms with E-state index in [1.165, 1.54) is 0 Å². The number of ether oxygens (including phenoxy) is 1. The molecule has 1 heterocycles. The van der Waals surface area contributed by atoms with Gasteiger partial charge in [0.1, 0.15) is 6.73 Å². The Kier molecular flexibility index (Phi) is 6.13. The summed E-state index contributed by atoms with van der Waals surface area (Å²) in [6.07, 6.45) is 3.59. The van der Waals surface area contributed by atoms with Gasteiger partial charge in [0.15, 0.2) is 0 Å². The van der Waals surface area contributed by atoms with Crippen molar-refractivity contribution in [1.29, 1.82) is 0 Å². The summed E-state index contributed by atoms with van der Waals surface area (Å²) in [5.41, 5.74) is 1.28. The first kappa shape index (κ1) is 18.2. The van der Waals surface area contributed by atoms with Crippen molar-refractivity contribution in [3.63, 3.8) is 0 Å². The Balaban J connectivity index is 1.97. The largest absolute Gasteiger partial charge is 0.361 e. The van der Waals surface area contributed by atoms with Crippen LogP contribution in [0.5, 0.6) is 0 Å². The highest BCUT2D eigenvalue weighted by atomic mass is 28.3. The first-order valence-electron chi connectivity index (χ1n) is 8.10. The number of rotatable bonds is 8. The van der Waals surface area contributed by atoms with Gasteiger partial charge in [0.25, 0.3) is 5.78 Å². The molecule has 0 N–H and O–H groups in total. The van der Waals surface area contributed by atoms with Crippen molar-refractivity contribution in [2.75, 3.05) is 6.61 Å². The quantitative estimate of drug-likeness (QED) is 0.304. The van der Waals surface area contributed by atoms with Crippen LogP contribution in [0.4, 0.5) is 0 Å². The van der Waals surface area contributed by atoms with Crippen molar-refractivity contribution in [1.82, 2.24) is 4.57 Å². The number of aromatic nitrogens is 1. The van der Waals surface area contributed by atoms with Crippen molar-refractivity contribution in [2.24, 2.45) is 0 Å². The Morgan fingerprint density at radius 1 is 1.25 bits per heavy atom. The zero-order valence-electron chi connectivity index (χ0n) is 14.5. The zero-order valence-corrected chi connectivity index (χ0v) is 15.5. The third-order valence-corrected chi connectivity index (χ3v) is 5.47. The molecule has 126 valence electrons. The highest BCUT2D eigenvalue weighted by molar-refractivity contribution is 6.76. The van der Waals surface area contributed by atoms with Gasteiger partial charge in [-0.15, -0.1) is 0 Å². The van der Waals surface area contributed by atoms with Gasteiger partial charge in [0, 0.05) is 38.2 Å². The summed E-state index contributed by atoms with van der Waals surface area (Å²) in [6, 6.07) is 11.3. The van der Waals surface area contributed by atoms with E-state index >= 15 is 0 Å². The van der Waals surface area contributed by atoms with E-state index in [1.807, 2.05) is 41.1 Å². The standard InChI is InChI=1S/C19H24N2O2Si/c1-20-18(16-8-6-5-7-9-16)19(22)17-10-11-21(14-17)15-23-12-13-24(2,3)4/h5-11,14,18H,12-13,15H2,2-4H3. The van der Waals surface area contributed by atoms with Gasteiger partial charge < -0.3 is 9.30 Å². The lowest BCUT2D eigenvalue weighted by molar-refractivity contribution is 0.0871. The molecule has 0 aliphatic rings. The van der Waals surface area contributed by atoms with E-state index in [0.29, 0.717) is 12.3 Å². The number of benzene rings is 1. The lowest BCUT2D eigenvalue weighted by atomic mass is 10.00. The molecule has 0 aliphatic carbocycles. The predicted octanol–water partition coefficient (Wildman–Crippen LogP) is 4.64. The highest BCUT2D eigenvalue weighted by Gasteiger charge is 2.27. The minimum Gasteiger partial charge on any atom is -0.361 e. The summed E-state index contributed by atoms with van der Waals surface area (Å²) < 4.78 is 7.54. The van der Waals surface area contributed by atoms with Gasteiger partial charge >= 0.3 is 6.04 Å². The first-order valence-corrected chi connectivity index (χ1v) is 11.8. The molecule has 0 radical (unpaired) electrons. The summed E-state index contributed by atoms with van der Waals surface area (Å²) in [4.78, 5) is 16.1. The van der Waals surface area contributed by atoms with E-state index in [1.54, 1.807) is 12.3 Å². The van der Waals surface area contributed by atoms with Crippen LogP contribution in [-0.2, 0) is 11.5 Å². The second kappa shape index (κ2) is 8.09. The van der Waals surface area contributed by atoms with Crippen LogP contribution in [-0.4, -0.2) is 25.0 Å². The summed E-state index contributed by atoms with van der Waals surface area (Å²) in [5, 5.41) is 0. The molecule has 0 amide bonds. The van der Waals surface area contributed by atoms with E-state index in [9.17, 15) is 4.79 Å². The Bertz CT molecular complexity index is 711. The molecule has 1 atom stereocenters. The number of carbonyl (C=O) groups excluding carboxylic acids is 1. The van der Waals surface area contributed by atoms with Gasteiger partial charge in [0.2, 0.25) is 0 Å². The molecule has 2 aromatic rings. The number of hydrogen-bond donors (Lipinski definition) is 0. The average molecular weight is 340 g/mol. The van der Waals surface area contributed by atoms with Crippen LogP contribution < -0.4 is 0 Å². The van der Waals surface area contributed by atoms with Gasteiger partial charge in [-0.05, 0) is 12.1 Å². The number of carbonyl (C=O) groups is 1.